The minimum atomic E-state index is -0.702. The average Bonchev–Trinajstić information content (AvgIpc) is 2.38. The third kappa shape index (κ3) is 2.69. The van der Waals surface area contributed by atoms with E-state index >= 15 is 0 Å². The van der Waals surface area contributed by atoms with Gasteiger partial charge in [-0.15, -0.1) is 0 Å². The number of nitriles is 2. The summed E-state index contributed by atoms with van der Waals surface area (Å²) in [6, 6.07) is 3.25. The van der Waals surface area contributed by atoms with Gasteiger partial charge in [0, 0.05) is 11.1 Å². The lowest BCUT2D eigenvalue weighted by Crippen LogP contribution is -2.05. The summed E-state index contributed by atoms with van der Waals surface area (Å²) in [6.45, 7) is 4.17. The Kier molecular flexibility index (Phi) is 4.36. The molecule has 1 aromatic carbocycles. The lowest BCUT2D eigenvalue weighted by Gasteiger charge is -2.10. The highest BCUT2D eigenvalue weighted by Crippen LogP contribution is 2.38. The van der Waals surface area contributed by atoms with Crippen LogP contribution in [0.15, 0.2) is 5.57 Å². The minimum absolute atomic E-state index is 0.0485. The summed E-state index contributed by atoms with van der Waals surface area (Å²) in [7, 11) is 0. The van der Waals surface area contributed by atoms with E-state index in [-0.39, 0.29) is 39.2 Å². The van der Waals surface area contributed by atoms with Gasteiger partial charge in [-0.25, -0.2) is 0 Å². The monoisotopic (exact) mass is 286 g/mol. The molecule has 0 N–H and O–H groups in total. The van der Waals surface area contributed by atoms with Crippen molar-refractivity contribution >= 4 is 17.5 Å². The summed E-state index contributed by atoms with van der Waals surface area (Å²) < 4.78 is 0. The molecule has 0 amide bonds. The van der Waals surface area contributed by atoms with Gasteiger partial charge in [0.25, 0.3) is 11.4 Å². The third-order valence-corrected chi connectivity index (χ3v) is 3.12. The molecule has 0 bridgehead atoms. The largest absolute Gasteiger partial charge is 0.282 e. The van der Waals surface area contributed by atoms with E-state index < -0.39 is 9.85 Å². The van der Waals surface area contributed by atoms with E-state index in [1.165, 1.54) is 20.8 Å². The van der Waals surface area contributed by atoms with Crippen LogP contribution < -0.4 is 0 Å². The van der Waals surface area contributed by atoms with Crippen molar-refractivity contribution < 1.29 is 9.85 Å². The predicted molar refractivity (Wildman–Crippen MR) is 73.2 cm³/mol. The Hall–Kier alpha value is -3.26. The molecule has 0 heterocycles. The number of nitro benzene ring substituents is 2. The van der Waals surface area contributed by atoms with Crippen LogP contribution >= 0.6 is 0 Å². The van der Waals surface area contributed by atoms with Gasteiger partial charge in [0.2, 0.25) is 0 Å². The molecule has 0 aliphatic rings. The first-order valence-corrected chi connectivity index (χ1v) is 5.70. The highest BCUT2D eigenvalue weighted by atomic mass is 16.6. The molecule has 0 fully saturated rings. The molecule has 0 unspecified atom stereocenters. The first-order chi connectivity index (χ1) is 9.76. The number of hydrogen-bond acceptors (Lipinski definition) is 6. The lowest BCUT2D eigenvalue weighted by molar-refractivity contribution is -0.395. The van der Waals surface area contributed by atoms with Gasteiger partial charge in [0.15, 0.2) is 0 Å². The maximum atomic E-state index is 11.1. The molecular weight excluding hydrogens is 276 g/mol. The second-order valence-corrected chi connectivity index (χ2v) is 4.28. The zero-order valence-corrected chi connectivity index (χ0v) is 11.5. The molecule has 1 rings (SSSR count). The molecule has 0 aliphatic heterocycles. The maximum absolute atomic E-state index is 11.1. The summed E-state index contributed by atoms with van der Waals surface area (Å²) >= 11 is 0. The van der Waals surface area contributed by atoms with E-state index in [2.05, 4.69) is 0 Å². The smallest absolute Gasteiger partial charge is 0.258 e. The van der Waals surface area contributed by atoms with Crippen LogP contribution in [-0.4, -0.2) is 9.85 Å². The molecule has 1 aromatic rings. The summed E-state index contributed by atoms with van der Waals surface area (Å²) in [6.07, 6.45) is 1.13. The lowest BCUT2D eigenvalue weighted by atomic mass is 9.94. The summed E-state index contributed by atoms with van der Waals surface area (Å²) in [4.78, 5) is 20.9. The van der Waals surface area contributed by atoms with Crippen LogP contribution in [-0.2, 0) is 0 Å². The van der Waals surface area contributed by atoms with Crippen molar-refractivity contribution in [3.05, 3.63) is 48.1 Å². The molecule has 8 nitrogen and oxygen atoms in total. The Morgan fingerprint density at radius 2 is 1.33 bits per heavy atom. The van der Waals surface area contributed by atoms with E-state index in [1.54, 1.807) is 12.1 Å². The zero-order chi connectivity index (χ0) is 16.3. The Morgan fingerprint density at radius 1 is 0.952 bits per heavy atom. The van der Waals surface area contributed by atoms with Crippen molar-refractivity contribution in [1.82, 2.24) is 0 Å². The SMILES string of the molecule is Cc1c(C=C(C#N)C#N)c(C)c([N+](=O)[O-])c(C)c1[N+](=O)[O-]. The second kappa shape index (κ2) is 5.80. The summed E-state index contributed by atoms with van der Waals surface area (Å²) in [5, 5.41) is 39.8. The fraction of sp³-hybridized carbons (Fsp3) is 0.231. The van der Waals surface area contributed by atoms with Crippen molar-refractivity contribution in [2.45, 2.75) is 20.8 Å². The number of benzene rings is 1. The van der Waals surface area contributed by atoms with Crippen molar-refractivity contribution in [2.75, 3.05) is 0 Å². The van der Waals surface area contributed by atoms with Gasteiger partial charge < -0.3 is 0 Å². The number of rotatable bonds is 3. The molecule has 0 saturated carbocycles. The van der Waals surface area contributed by atoms with Crippen molar-refractivity contribution in [1.29, 1.82) is 10.5 Å². The van der Waals surface area contributed by atoms with Crippen LogP contribution in [0.4, 0.5) is 11.4 Å². The highest BCUT2D eigenvalue weighted by Gasteiger charge is 2.30. The quantitative estimate of drug-likeness (QED) is 0.476. The number of nitro groups is 2. The Labute approximate surface area is 119 Å². The van der Waals surface area contributed by atoms with Crippen LogP contribution in [0.5, 0.6) is 0 Å². The maximum Gasteiger partial charge on any atom is 0.282 e. The topological polar surface area (TPSA) is 134 Å². The Balaban J connectivity index is 3.95. The predicted octanol–water partition coefficient (Wildman–Crippen LogP) is 2.86. The van der Waals surface area contributed by atoms with Gasteiger partial charge in [-0.1, -0.05) is 0 Å². The highest BCUT2D eigenvalue weighted by molar-refractivity contribution is 5.76. The van der Waals surface area contributed by atoms with Crippen LogP contribution in [0.1, 0.15) is 22.3 Å². The van der Waals surface area contributed by atoms with E-state index in [0.717, 1.165) is 6.08 Å². The summed E-state index contributed by atoms with van der Waals surface area (Å²) in [5.41, 5.74) is -0.576. The number of hydrogen-bond donors (Lipinski definition) is 0. The van der Waals surface area contributed by atoms with Crippen molar-refractivity contribution in [2.24, 2.45) is 0 Å². The first kappa shape index (κ1) is 15.8. The molecule has 21 heavy (non-hydrogen) atoms. The molecule has 0 atom stereocenters. The first-order valence-electron chi connectivity index (χ1n) is 5.70. The van der Waals surface area contributed by atoms with E-state index in [9.17, 15) is 20.2 Å². The average molecular weight is 286 g/mol. The van der Waals surface area contributed by atoms with E-state index in [4.69, 9.17) is 10.5 Å². The Morgan fingerprint density at radius 3 is 1.62 bits per heavy atom. The van der Waals surface area contributed by atoms with Gasteiger partial charge in [-0.3, -0.25) is 20.2 Å². The van der Waals surface area contributed by atoms with Gasteiger partial charge in [-0.2, -0.15) is 10.5 Å². The van der Waals surface area contributed by atoms with Gasteiger partial charge in [0.05, 0.1) is 9.85 Å². The molecule has 0 spiro atoms. The van der Waals surface area contributed by atoms with Crippen molar-refractivity contribution in [3.8, 4) is 12.1 Å². The van der Waals surface area contributed by atoms with E-state index in [0.29, 0.717) is 0 Å². The zero-order valence-electron chi connectivity index (χ0n) is 11.5. The van der Waals surface area contributed by atoms with Gasteiger partial charge in [0.1, 0.15) is 23.3 Å². The molecular formula is C13H10N4O4. The fourth-order valence-corrected chi connectivity index (χ4v) is 2.21. The van der Waals surface area contributed by atoms with E-state index in [1.807, 2.05) is 0 Å². The standard InChI is InChI=1S/C13H10N4O4/c1-7-11(4-10(5-14)6-15)8(2)13(17(20)21)9(3)12(7)16(18)19/h4H,1-3H3. The normalized spacial score (nSPS) is 9.38. The molecule has 0 aromatic heterocycles. The number of allylic oxidation sites excluding steroid dienone is 1. The van der Waals surface area contributed by atoms with Crippen LogP contribution in [0.2, 0.25) is 0 Å². The minimum Gasteiger partial charge on any atom is -0.258 e. The van der Waals surface area contributed by atoms with Crippen LogP contribution in [0, 0.1) is 63.7 Å². The summed E-state index contributed by atoms with van der Waals surface area (Å²) in [5.74, 6) is 0. The third-order valence-electron chi connectivity index (χ3n) is 3.12. The fourth-order valence-electron chi connectivity index (χ4n) is 2.21. The molecule has 0 saturated heterocycles. The van der Waals surface area contributed by atoms with Crippen LogP contribution in [0.3, 0.4) is 0 Å². The molecule has 8 heteroatoms. The molecule has 0 radical (unpaired) electrons. The van der Waals surface area contributed by atoms with Gasteiger partial charge in [-0.05, 0) is 32.4 Å². The van der Waals surface area contributed by atoms with Gasteiger partial charge >= 0.3 is 0 Å². The van der Waals surface area contributed by atoms with Crippen LogP contribution in [0.25, 0.3) is 6.08 Å². The molecule has 106 valence electrons. The Bertz CT molecular complexity index is 709. The number of nitrogens with zero attached hydrogens (tertiary/aromatic N) is 4. The molecule has 0 aliphatic carbocycles. The van der Waals surface area contributed by atoms with Crippen molar-refractivity contribution in [3.63, 3.8) is 0 Å². The second-order valence-electron chi connectivity index (χ2n) is 4.28.